The molecule has 1 N–H and O–H groups in total. The highest BCUT2D eigenvalue weighted by atomic mass is 19.1. The number of halogens is 1. The summed E-state index contributed by atoms with van der Waals surface area (Å²) in [7, 11) is 1.70. The Morgan fingerprint density at radius 3 is 2.76 bits per heavy atom. The Kier molecular flexibility index (Phi) is 6.53. The SMILES string of the molecule is C=C(C=NC)/C(=C\C)NC(C)=NCc1cccc(F)c1C. The second-order valence-corrected chi connectivity index (χ2v) is 4.67. The van der Waals surface area contributed by atoms with Crippen LogP contribution in [0, 0.1) is 12.7 Å². The fourth-order valence-electron chi connectivity index (χ4n) is 1.82. The van der Waals surface area contributed by atoms with Gasteiger partial charge in [0.1, 0.15) is 5.82 Å². The van der Waals surface area contributed by atoms with Crippen LogP contribution in [0.4, 0.5) is 4.39 Å². The third-order valence-electron chi connectivity index (χ3n) is 3.10. The van der Waals surface area contributed by atoms with Gasteiger partial charge in [0.15, 0.2) is 0 Å². The van der Waals surface area contributed by atoms with Crippen LogP contribution in [0.1, 0.15) is 25.0 Å². The van der Waals surface area contributed by atoms with E-state index in [1.165, 1.54) is 6.07 Å². The molecule has 21 heavy (non-hydrogen) atoms. The lowest BCUT2D eigenvalue weighted by Gasteiger charge is -2.10. The molecule has 0 spiro atoms. The van der Waals surface area contributed by atoms with Crippen LogP contribution in [0.15, 0.2) is 52.1 Å². The van der Waals surface area contributed by atoms with E-state index in [4.69, 9.17) is 0 Å². The third-order valence-corrected chi connectivity index (χ3v) is 3.10. The fourth-order valence-corrected chi connectivity index (χ4v) is 1.82. The maximum atomic E-state index is 13.5. The van der Waals surface area contributed by atoms with Crippen molar-refractivity contribution >= 4 is 12.1 Å². The van der Waals surface area contributed by atoms with Gasteiger partial charge in [0.2, 0.25) is 0 Å². The molecule has 0 heterocycles. The standard InChI is InChI=1S/C17H22FN3/c1-6-17(12(2)10-19-5)21-14(4)20-11-15-8-7-9-16(18)13(15)3/h6-10H,2,11H2,1,3-5H3,(H,20,21)/b17-6+,19-10?. The van der Waals surface area contributed by atoms with Gasteiger partial charge >= 0.3 is 0 Å². The maximum Gasteiger partial charge on any atom is 0.126 e. The van der Waals surface area contributed by atoms with Gasteiger partial charge in [-0.1, -0.05) is 24.8 Å². The first-order valence-corrected chi connectivity index (χ1v) is 6.79. The molecule has 0 saturated heterocycles. The number of nitrogens with zero attached hydrogens (tertiary/aromatic N) is 2. The molecule has 4 heteroatoms. The van der Waals surface area contributed by atoms with Crippen molar-refractivity contribution in [2.75, 3.05) is 7.05 Å². The average Bonchev–Trinajstić information content (AvgIpc) is 2.46. The normalized spacial score (nSPS) is 12.8. The van der Waals surface area contributed by atoms with Gasteiger partial charge in [-0.15, -0.1) is 0 Å². The highest BCUT2D eigenvalue weighted by molar-refractivity contribution is 5.88. The van der Waals surface area contributed by atoms with Crippen LogP contribution in [0.2, 0.25) is 0 Å². The summed E-state index contributed by atoms with van der Waals surface area (Å²) in [6.07, 6.45) is 3.60. The van der Waals surface area contributed by atoms with E-state index >= 15 is 0 Å². The van der Waals surface area contributed by atoms with Crippen molar-refractivity contribution in [3.8, 4) is 0 Å². The number of aliphatic imine (C=N–C) groups is 2. The molecule has 0 saturated carbocycles. The minimum absolute atomic E-state index is 0.199. The van der Waals surface area contributed by atoms with Crippen molar-refractivity contribution < 1.29 is 4.39 Å². The molecule has 1 aromatic carbocycles. The molecule has 1 aromatic rings. The van der Waals surface area contributed by atoms with Gasteiger partial charge in [-0.05, 0) is 38.0 Å². The summed E-state index contributed by atoms with van der Waals surface area (Å²) in [6, 6.07) is 5.04. The average molecular weight is 287 g/mol. The Labute approximate surface area is 126 Å². The van der Waals surface area contributed by atoms with E-state index in [0.29, 0.717) is 12.1 Å². The highest BCUT2D eigenvalue weighted by Gasteiger charge is 2.03. The molecule has 3 nitrogen and oxygen atoms in total. The lowest BCUT2D eigenvalue weighted by molar-refractivity contribution is 0.615. The molecule has 0 bridgehead atoms. The van der Waals surface area contributed by atoms with Crippen molar-refractivity contribution in [3.63, 3.8) is 0 Å². The monoisotopic (exact) mass is 287 g/mol. The van der Waals surface area contributed by atoms with E-state index in [1.54, 1.807) is 26.3 Å². The molecule has 0 radical (unpaired) electrons. The lowest BCUT2D eigenvalue weighted by Crippen LogP contribution is -2.21. The second kappa shape index (κ2) is 8.15. The van der Waals surface area contributed by atoms with E-state index in [2.05, 4.69) is 21.9 Å². The molecule has 0 aliphatic carbocycles. The number of amidine groups is 1. The van der Waals surface area contributed by atoms with Crippen molar-refractivity contribution in [3.05, 3.63) is 59.1 Å². The van der Waals surface area contributed by atoms with Crippen LogP contribution >= 0.6 is 0 Å². The highest BCUT2D eigenvalue weighted by Crippen LogP contribution is 2.13. The van der Waals surface area contributed by atoms with Crippen LogP contribution in [-0.2, 0) is 6.54 Å². The predicted octanol–water partition coefficient (Wildman–Crippen LogP) is 3.80. The minimum Gasteiger partial charge on any atom is -0.344 e. The Hall–Kier alpha value is -2.23. The number of allylic oxidation sites excluding steroid dienone is 2. The number of nitrogens with one attached hydrogen (secondary N) is 1. The van der Waals surface area contributed by atoms with Crippen LogP contribution < -0.4 is 5.32 Å². The summed E-state index contributed by atoms with van der Waals surface area (Å²) < 4.78 is 13.5. The zero-order valence-electron chi connectivity index (χ0n) is 13.1. The molecule has 1 rings (SSSR count). The Morgan fingerprint density at radius 2 is 2.14 bits per heavy atom. The molecular weight excluding hydrogens is 265 g/mol. The van der Waals surface area contributed by atoms with Crippen LogP contribution in [0.5, 0.6) is 0 Å². The van der Waals surface area contributed by atoms with E-state index < -0.39 is 0 Å². The van der Waals surface area contributed by atoms with Gasteiger partial charge < -0.3 is 5.32 Å². The third kappa shape index (κ3) is 4.99. The van der Waals surface area contributed by atoms with Crippen LogP contribution in [-0.4, -0.2) is 19.1 Å². The molecule has 0 amide bonds. The van der Waals surface area contributed by atoms with Gasteiger partial charge in [0.25, 0.3) is 0 Å². The molecule has 112 valence electrons. The summed E-state index contributed by atoms with van der Waals surface area (Å²) in [6.45, 7) is 9.92. The summed E-state index contributed by atoms with van der Waals surface area (Å²) >= 11 is 0. The maximum absolute atomic E-state index is 13.5. The smallest absolute Gasteiger partial charge is 0.126 e. The van der Waals surface area contributed by atoms with Crippen LogP contribution in [0.25, 0.3) is 0 Å². The number of hydrogen-bond acceptors (Lipinski definition) is 2. The van der Waals surface area contributed by atoms with Crippen LogP contribution in [0.3, 0.4) is 0 Å². The van der Waals surface area contributed by atoms with Crippen molar-refractivity contribution in [2.24, 2.45) is 9.98 Å². The predicted molar refractivity (Wildman–Crippen MR) is 88.4 cm³/mol. The molecule has 0 aromatic heterocycles. The van der Waals surface area contributed by atoms with E-state index in [-0.39, 0.29) is 5.82 Å². The fraction of sp³-hybridized carbons (Fsp3) is 0.294. The number of rotatable bonds is 5. The Morgan fingerprint density at radius 1 is 1.43 bits per heavy atom. The van der Waals surface area contributed by atoms with Gasteiger partial charge in [0.05, 0.1) is 12.4 Å². The lowest BCUT2D eigenvalue weighted by atomic mass is 10.1. The first kappa shape index (κ1) is 16.8. The Bertz CT molecular complexity index is 598. The van der Waals surface area contributed by atoms with Crippen molar-refractivity contribution in [1.29, 1.82) is 0 Å². The first-order chi connectivity index (χ1) is 9.99. The molecular formula is C17H22FN3. The zero-order valence-corrected chi connectivity index (χ0v) is 13.1. The molecule has 0 unspecified atom stereocenters. The van der Waals surface area contributed by atoms with E-state index in [0.717, 1.165) is 22.7 Å². The minimum atomic E-state index is -0.199. The van der Waals surface area contributed by atoms with Gasteiger partial charge in [0, 0.05) is 24.5 Å². The molecule has 0 fully saturated rings. The molecule has 0 aliphatic heterocycles. The summed E-state index contributed by atoms with van der Waals surface area (Å²) in [5.74, 6) is 0.549. The summed E-state index contributed by atoms with van der Waals surface area (Å²) in [5, 5.41) is 3.18. The van der Waals surface area contributed by atoms with Gasteiger partial charge in [-0.2, -0.15) is 0 Å². The molecule has 0 aliphatic rings. The summed E-state index contributed by atoms with van der Waals surface area (Å²) in [4.78, 5) is 8.38. The van der Waals surface area contributed by atoms with E-state index in [9.17, 15) is 4.39 Å². The van der Waals surface area contributed by atoms with Gasteiger partial charge in [-0.3, -0.25) is 9.98 Å². The largest absolute Gasteiger partial charge is 0.344 e. The first-order valence-electron chi connectivity index (χ1n) is 6.79. The Balaban J connectivity index is 2.77. The molecule has 0 atom stereocenters. The topological polar surface area (TPSA) is 36.8 Å². The summed E-state index contributed by atoms with van der Waals surface area (Å²) in [5.41, 5.74) is 3.17. The zero-order chi connectivity index (χ0) is 15.8. The second-order valence-electron chi connectivity index (χ2n) is 4.67. The number of hydrogen-bond donors (Lipinski definition) is 1. The van der Waals surface area contributed by atoms with Crippen molar-refractivity contribution in [2.45, 2.75) is 27.3 Å². The van der Waals surface area contributed by atoms with E-state index in [1.807, 2.05) is 26.0 Å². The number of benzene rings is 1. The van der Waals surface area contributed by atoms with Gasteiger partial charge in [-0.25, -0.2) is 4.39 Å². The quantitative estimate of drug-likeness (QED) is 0.499. The van der Waals surface area contributed by atoms with Crippen molar-refractivity contribution in [1.82, 2.24) is 5.32 Å².